The molecular weight excluding hydrogens is 209 g/mol. The number of alkyl halides is 3. The van der Waals surface area contributed by atoms with E-state index in [1.54, 1.807) is 0 Å². The van der Waals surface area contributed by atoms with Crippen molar-refractivity contribution in [3.8, 4) is 0 Å². The molecule has 2 saturated heterocycles. The maximum absolute atomic E-state index is 12.3. The first-order valence-electron chi connectivity index (χ1n) is 5.04. The van der Waals surface area contributed by atoms with Crippen LogP contribution >= 0.6 is 0 Å². The van der Waals surface area contributed by atoms with Crippen molar-refractivity contribution in [2.24, 2.45) is 0 Å². The Bertz CT molecular complexity index is 279. The number of carbonyl (C=O) groups is 1. The number of fused-ring (bicyclic) bond motifs is 2. The van der Waals surface area contributed by atoms with Gasteiger partial charge in [0, 0.05) is 24.7 Å². The predicted octanol–water partition coefficient (Wildman–Crippen LogP) is 0.900. The van der Waals surface area contributed by atoms with Crippen LogP contribution < -0.4 is 5.32 Å². The number of hydrogen-bond acceptors (Lipinski definition) is 2. The first-order chi connectivity index (χ1) is 6.91. The molecule has 2 rings (SSSR count). The summed E-state index contributed by atoms with van der Waals surface area (Å²) in [6.07, 6.45) is -3.40. The van der Waals surface area contributed by atoms with Gasteiger partial charge in [-0.25, -0.2) is 0 Å². The largest absolute Gasteiger partial charge is 0.471 e. The summed E-state index contributed by atoms with van der Waals surface area (Å²) in [6.45, 7) is 2.29. The molecule has 6 heteroatoms. The zero-order valence-electron chi connectivity index (χ0n) is 8.34. The van der Waals surface area contributed by atoms with E-state index in [1.807, 2.05) is 6.92 Å². The lowest BCUT2D eigenvalue weighted by atomic mass is 10.1. The summed E-state index contributed by atoms with van der Waals surface area (Å²) in [5, 5.41) is 3.12. The summed E-state index contributed by atoms with van der Waals surface area (Å²) in [7, 11) is 0. The van der Waals surface area contributed by atoms with Crippen molar-refractivity contribution in [1.29, 1.82) is 0 Å². The van der Waals surface area contributed by atoms with Crippen LogP contribution in [0.3, 0.4) is 0 Å². The number of rotatable bonds is 0. The minimum absolute atomic E-state index is 0.0463. The van der Waals surface area contributed by atoms with Crippen LogP contribution in [0.4, 0.5) is 13.2 Å². The molecule has 0 aliphatic carbocycles. The van der Waals surface area contributed by atoms with E-state index in [0.29, 0.717) is 19.4 Å². The van der Waals surface area contributed by atoms with Gasteiger partial charge in [-0.1, -0.05) is 0 Å². The Morgan fingerprint density at radius 2 is 2.07 bits per heavy atom. The minimum atomic E-state index is -4.74. The van der Waals surface area contributed by atoms with E-state index in [2.05, 4.69) is 5.32 Å². The highest BCUT2D eigenvalue weighted by atomic mass is 19.4. The number of amides is 1. The molecule has 0 radical (unpaired) electrons. The first-order valence-corrected chi connectivity index (χ1v) is 5.04. The number of carbonyl (C=O) groups excluding carboxylic acids is 1. The lowest BCUT2D eigenvalue weighted by Gasteiger charge is -2.39. The Kier molecular flexibility index (Phi) is 2.41. The van der Waals surface area contributed by atoms with Crippen molar-refractivity contribution in [3.63, 3.8) is 0 Å². The molecule has 1 N–H and O–H groups in total. The highest BCUT2D eigenvalue weighted by Crippen LogP contribution is 2.33. The van der Waals surface area contributed by atoms with Gasteiger partial charge in [-0.2, -0.15) is 13.2 Å². The molecule has 2 bridgehead atoms. The molecule has 0 aromatic heterocycles. The van der Waals surface area contributed by atoms with E-state index in [0.717, 1.165) is 4.90 Å². The van der Waals surface area contributed by atoms with Crippen molar-refractivity contribution in [2.75, 3.05) is 6.54 Å². The average Bonchev–Trinajstić information content (AvgIpc) is 2.46. The van der Waals surface area contributed by atoms with E-state index in [9.17, 15) is 18.0 Å². The summed E-state index contributed by atoms with van der Waals surface area (Å²) < 4.78 is 37.0. The third kappa shape index (κ3) is 1.71. The van der Waals surface area contributed by atoms with Crippen LogP contribution in [-0.4, -0.2) is 41.7 Å². The fourth-order valence-electron chi connectivity index (χ4n) is 2.52. The maximum Gasteiger partial charge on any atom is 0.471 e. The third-order valence-electron chi connectivity index (χ3n) is 3.28. The van der Waals surface area contributed by atoms with Gasteiger partial charge in [0.05, 0.1) is 0 Å². The molecule has 1 amide bonds. The molecule has 0 aromatic carbocycles. The molecule has 3 unspecified atom stereocenters. The second-order valence-corrected chi connectivity index (χ2v) is 4.21. The second kappa shape index (κ2) is 3.37. The molecule has 2 heterocycles. The Labute approximate surface area is 85.6 Å². The molecule has 86 valence electrons. The summed E-state index contributed by atoms with van der Waals surface area (Å²) in [6, 6.07) is -0.617. The summed E-state index contributed by atoms with van der Waals surface area (Å²) in [4.78, 5) is 12.2. The van der Waals surface area contributed by atoms with Gasteiger partial charge in [0.2, 0.25) is 0 Å². The fraction of sp³-hybridized carbons (Fsp3) is 0.889. The predicted molar refractivity (Wildman–Crippen MR) is 47.2 cm³/mol. The molecule has 0 saturated carbocycles. The molecule has 2 aliphatic heterocycles. The smallest absolute Gasteiger partial charge is 0.326 e. The number of nitrogens with zero attached hydrogens (tertiary/aromatic N) is 1. The van der Waals surface area contributed by atoms with Crippen molar-refractivity contribution in [1.82, 2.24) is 10.2 Å². The summed E-state index contributed by atoms with van der Waals surface area (Å²) in [5.74, 6) is -1.68. The lowest BCUT2D eigenvalue weighted by molar-refractivity contribution is -0.190. The molecule has 3 atom stereocenters. The van der Waals surface area contributed by atoms with E-state index >= 15 is 0 Å². The van der Waals surface area contributed by atoms with Gasteiger partial charge in [0.25, 0.3) is 0 Å². The first kappa shape index (κ1) is 10.7. The molecule has 15 heavy (non-hydrogen) atoms. The summed E-state index contributed by atoms with van der Waals surface area (Å²) in [5.41, 5.74) is 0. The van der Waals surface area contributed by atoms with Gasteiger partial charge >= 0.3 is 12.1 Å². The van der Waals surface area contributed by atoms with Crippen molar-refractivity contribution < 1.29 is 18.0 Å². The highest BCUT2D eigenvalue weighted by Gasteiger charge is 2.51. The maximum atomic E-state index is 12.3. The Morgan fingerprint density at radius 3 is 2.67 bits per heavy atom. The topological polar surface area (TPSA) is 32.3 Å². The van der Waals surface area contributed by atoms with Crippen molar-refractivity contribution in [3.05, 3.63) is 0 Å². The van der Waals surface area contributed by atoms with Crippen LogP contribution in [0.2, 0.25) is 0 Å². The molecule has 2 fully saturated rings. The van der Waals surface area contributed by atoms with Crippen LogP contribution in [0.5, 0.6) is 0 Å². The van der Waals surface area contributed by atoms with Crippen LogP contribution in [0.15, 0.2) is 0 Å². The standard InChI is InChI=1S/C9H13F3N2O/c1-5-7-3-2-6(4-13-5)14(7)8(15)9(10,11)12/h5-7,13H,2-4H2,1H3. The quantitative estimate of drug-likeness (QED) is 0.660. The van der Waals surface area contributed by atoms with Crippen LogP contribution in [-0.2, 0) is 4.79 Å². The summed E-state index contributed by atoms with van der Waals surface area (Å²) >= 11 is 0. The van der Waals surface area contributed by atoms with Gasteiger partial charge in [0.15, 0.2) is 0 Å². The van der Waals surface area contributed by atoms with Gasteiger partial charge in [0.1, 0.15) is 0 Å². The van der Waals surface area contributed by atoms with E-state index in [1.165, 1.54) is 0 Å². The number of halogens is 3. The Hall–Kier alpha value is -0.780. The number of nitrogens with one attached hydrogen (secondary N) is 1. The van der Waals surface area contributed by atoms with E-state index in [4.69, 9.17) is 0 Å². The Balaban J connectivity index is 2.19. The fourth-order valence-corrected chi connectivity index (χ4v) is 2.52. The third-order valence-corrected chi connectivity index (χ3v) is 3.28. The van der Waals surface area contributed by atoms with Crippen LogP contribution in [0.1, 0.15) is 19.8 Å². The molecular formula is C9H13F3N2O. The van der Waals surface area contributed by atoms with Crippen LogP contribution in [0.25, 0.3) is 0 Å². The normalized spacial score (nSPS) is 35.7. The van der Waals surface area contributed by atoms with Gasteiger partial charge in [-0.3, -0.25) is 4.79 Å². The van der Waals surface area contributed by atoms with Gasteiger partial charge in [-0.05, 0) is 19.8 Å². The zero-order valence-corrected chi connectivity index (χ0v) is 8.34. The van der Waals surface area contributed by atoms with Crippen molar-refractivity contribution in [2.45, 2.75) is 44.1 Å². The van der Waals surface area contributed by atoms with Gasteiger partial charge in [-0.15, -0.1) is 0 Å². The monoisotopic (exact) mass is 222 g/mol. The van der Waals surface area contributed by atoms with Gasteiger partial charge < -0.3 is 10.2 Å². The SMILES string of the molecule is CC1NCC2CCC1N2C(=O)C(F)(F)F. The average molecular weight is 222 g/mol. The molecule has 2 aliphatic rings. The molecule has 3 nitrogen and oxygen atoms in total. The second-order valence-electron chi connectivity index (χ2n) is 4.21. The number of hydrogen-bond donors (Lipinski definition) is 1. The van der Waals surface area contributed by atoms with Crippen LogP contribution in [0, 0.1) is 0 Å². The zero-order chi connectivity index (χ0) is 11.2. The minimum Gasteiger partial charge on any atom is -0.326 e. The van der Waals surface area contributed by atoms with E-state index < -0.39 is 12.1 Å². The van der Waals surface area contributed by atoms with Crippen molar-refractivity contribution >= 4 is 5.91 Å². The van der Waals surface area contributed by atoms with E-state index in [-0.39, 0.29) is 18.1 Å². The Morgan fingerprint density at radius 1 is 1.40 bits per heavy atom. The molecule has 0 spiro atoms. The highest BCUT2D eigenvalue weighted by molar-refractivity contribution is 5.83. The number of piperazine rings is 1. The molecule has 0 aromatic rings. The lowest BCUT2D eigenvalue weighted by Crippen LogP contribution is -2.61.